The number of rotatable bonds is 3. The molecule has 0 aliphatic rings. The van der Waals surface area contributed by atoms with Crippen molar-refractivity contribution >= 4 is 27.7 Å². The molecule has 0 bridgehead atoms. The predicted molar refractivity (Wildman–Crippen MR) is 60.5 cm³/mol. The Morgan fingerprint density at radius 1 is 1.27 bits per heavy atom. The summed E-state index contributed by atoms with van der Waals surface area (Å²) < 4.78 is 4.85. The number of benzene rings is 1. The van der Waals surface area contributed by atoms with Crippen molar-refractivity contribution in [1.82, 2.24) is 0 Å². The molecule has 0 amide bonds. The predicted octanol–water partition coefficient (Wildman–Crippen LogP) is 2.58. The summed E-state index contributed by atoms with van der Waals surface area (Å²) in [6, 6.07) is 6.48. The molecule has 1 atom stereocenters. The number of esters is 1. The van der Waals surface area contributed by atoms with E-state index in [1.54, 1.807) is 31.2 Å². The van der Waals surface area contributed by atoms with Gasteiger partial charge < -0.3 is 4.74 Å². The van der Waals surface area contributed by atoms with Crippen molar-refractivity contribution in [3.63, 3.8) is 0 Å². The summed E-state index contributed by atoms with van der Waals surface area (Å²) in [4.78, 5) is 22.0. The van der Waals surface area contributed by atoms with Crippen LogP contribution in [-0.4, -0.2) is 16.6 Å². The first-order valence-electron chi connectivity index (χ1n) is 4.47. The number of hydrogen-bond acceptors (Lipinski definition) is 3. The van der Waals surface area contributed by atoms with Crippen LogP contribution in [0.3, 0.4) is 0 Å². The van der Waals surface area contributed by atoms with Gasteiger partial charge in [0.25, 0.3) is 0 Å². The summed E-state index contributed by atoms with van der Waals surface area (Å²) in [5, 5.41) is 0. The fourth-order valence-corrected chi connectivity index (χ4v) is 1.35. The van der Waals surface area contributed by atoms with E-state index in [9.17, 15) is 9.59 Å². The van der Waals surface area contributed by atoms with Crippen molar-refractivity contribution in [3.05, 3.63) is 29.8 Å². The number of carbonyl (C=O) groups is 2. The number of alkyl halides is 1. The van der Waals surface area contributed by atoms with E-state index >= 15 is 0 Å². The number of ketones is 1. The Labute approximate surface area is 96.6 Å². The first kappa shape index (κ1) is 11.9. The normalized spacial score (nSPS) is 11.9. The molecule has 0 N–H and O–H groups in total. The minimum absolute atomic E-state index is 0.00405. The highest BCUT2D eigenvalue weighted by Gasteiger charge is 2.11. The lowest BCUT2D eigenvalue weighted by atomic mass is 10.1. The fraction of sp³-hybridized carbons (Fsp3) is 0.273. The lowest BCUT2D eigenvalue weighted by Gasteiger charge is -2.04. The third-order valence-corrected chi connectivity index (χ3v) is 2.18. The van der Waals surface area contributed by atoms with E-state index in [2.05, 4.69) is 15.9 Å². The standard InChI is InChI=1S/C11H11BrO3/c1-7(12)11(14)9-3-5-10(6-4-9)15-8(2)13/h3-7H,1-2H3. The van der Waals surface area contributed by atoms with Crippen LogP contribution in [0.2, 0.25) is 0 Å². The maximum atomic E-state index is 11.5. The zero-order valence-electron chi connectivity index (χ0n) is 8.49. The van der Waals surface area contributed by atoms with Crippen LogP contribution in [0.5, 0.6) is 5.75 Å². The quantitative estimate of drug-likeness (QED) is 0.367. The lowest BCUT2D eigenvalue weighted by Crippen LogP contribution is -2.09. The van der Waals surface area contributed by atoms with Crippen LogP contribution >= 0.6 is 15.9 Å². The third kappa shape index (κ3) is 3.47. The van der Waals surface area contributed by atoms with Crippen molar-refractivity contribution in [2.45, 2.75) is 18.7 Å². The minimum Gasteiger partial charge on any atom is -0.427 e. The Hall–Kier alpha value is -1.16. The van der Waals surface area contributed by atoms with Crippen LogP contribution in [-0.2, 0) is 4.79 Å². The molecule has 80 valence electrons. The molecule has 15 heavy (non-hydrogen) atoms. The minimum atomic E-state index is -0.372. The average molecular weight is 271 g/mol. The Morgan fingerprint density at radius 3 is 2.20 bits per heavy atom. The Bertz CT molecular complexity index is 368. The SMILES string of the molecule is CC(=O)Oc1ccc(C(=O)C(C)Br)cc1. The second-order valence-electron chi connectivity index (χ2n) is 3.10. The van der Waals surface area contributed by atoms with Crippen molar-refractivity contribution in [1.29, 1.82) is 0 Å². The van der Waals surface area contributed by atoms with Crippen molar-refractivity contribution in [3.8, 4) is 5.75 Å². The molecule has 0 aromatic heterocycles. The van der Waals surface area contributed by atoms with E-state index in [4.69, 9.17) is 4.74 Å². The second-order valence-corrected chi connectivity index (χ2v) is 4.47. The van der Waals surface area contributed by atoms with Gasteiger partial charge in [0.1, 0.15) is 5.75 Å². The Balaban J connectivity index is 2.81. The highest BCUT2D eigenvalue weighted by molar-refractivity contribution is 9.10. The molecule has 0 aliphatic carbocycles. The Kier molecular flexibility index (Phi) is 4.03. The van der Waals surface area contributed by atoms with Crippen LogP contribution in [0.25, 0.3) is 0 Å². The summed E-state index contributed by atoms with van der Waals surface area (Å²) in [6.45, 7) is 3.10. The van der Waals surface area contributed by atoms with E-state index in [1.165, 1.54) is 6.92 Å². The molecule has 1 unspecified atom stereocenters. The summed E-state index contributed by atoms with van der Waals surface area (Å²) in [5.41, 5.74) is 0.593. The van der Waals surface area contributed by atoms with Crippen molar-refractivity contribution in [2.75, 3.05) is 0 Å². The molecule has 0 spiro atoms. The van der Waals surface area contributed by atoms with Gasteiger partial charge in [-0.2, -0.15) is 0 Å². The van der Waals surface area contributed by atoms with Gasteiger partial charge in [0.2, 0.25) is 0 Å². The van der Waals surface area contributed by atoms with E-state index in [0.29, 0.717) is 11.3 Å². The molecular formula is C11H11BrO3. The van der Waals surface area contributed by atoms with Gasteiger partial charge in [0, 0.05) is 12.5 Å². The number of Topliss-reactive ketones (excluding diaryl/α,β-unsaturated/α-hetero) is 1. The summed E-state index contributed by atoms with van der Waals surface area (Å²) in [7, 11) is 0. The first-order chi connectivity index (χ1) is 7.00. The largest absolute Gasteiger partial charge is 0.427 e. The number of carbonyl (C=O) groups excluding carboxylic acids is 2. The first-order valence-corrected chi connectivity index (χ1v) is 5.39. The lowest BCUT2D eigenvalue weighted by molar-refractivity contribution is -0.131. The maximum absolute atomic E-state index is 11.5. The topological polar surface area (TPSA) is 43.4 Å². The van der Waals surface area contributed by atoms with Crippen LogP contribution < -0.4 is 4.74 Å². The van der Waals surface area contributed by atoms with Gasteiger partial charge in [0.15, 0.2) is 5.78 Å². The molecule has 3 nitrogen and oxygen atoms in total. The van der Waals surface area contributed by atoms with Crippen LogP contribution in [0.4, 0.5) is 0 Å². The molecular weight excluding hydrogens is 260 g/mol. The van der Waals surface area contributed by atoms with Gasteiger partial charge >= 0.3 is 5.97 Å². The van der Waals surface area contributed by atoms with Gasteiger partial charge in [-0.15, -0.1) is 0 Å². The van der Waals surface area contributed by atoms with E-state index in [0.717, 1.165) is 0 Å². The number of halogens is 1. The zero-order chi connectivity index (χ0) is 11.4. The van der Waals surface area contributed by atoms with Gasteiger partial charge in [-0.25, -0.2) is 0 Å². The van der Waals surface area contributed by atoms with Crippen molar-refractivity contribution in [2.24, 2.45) is 0 Å². The maximum Gasteiger partial charge on any atom is 0.308 e. The molecule has 0 aliphatic heterocycles. The monoisotopic (exact) mass is 270 g/mol. The molecule has 0 saturated carbocycles. The van der Waals surface area contributed by atoms with Crippen LogP contribution in [0.15, 0.2) is 24.3 Å². The number of hydrogen-bond donors (Lipinski definition) is 0. The van der Waals surface area contributed by atoms with Gasteiger partial charge in [-0.3, -0.25) is 9.59 Å². The molecule has 0 heterocycles. The van der Waals surface area contributed by atoms with Gasteiger partial charge in [-0.1, -0.05) is 15.9 Å². The zero-order valence-corrected chi connectivity index (χ0v) is 10.1. The molecule has 0 radical (unpaired) electrons. The Morgan fingerprint density at radius 2 is 1.80 bits per heavy atom. The highest BCUT2D eigenvalue weighted by Crippen LogP contribution is 2.15. The summed E-state index contributed by atoms with van der Waals surface area (Å²) >= 11 is 3.20. The smallest absolute Gasteiger partial charge is 0.308 e. The summed E-state index contributed by atoms with van der Waals surface area (Å²) in [6.07, 6.45) is 0. The fourth-order valence-electron chi connectivity index (χ4n) is 1.08. The molecule has 0 saturated heterocycles. The van der Waals surface area contributed by atoms with Crippen LogP contribution in [0.1, 0.15) is 24.2 Å². The van der Waals surface area contributed by atoms with Crippen molar-refractivity contribution < 1.29 is 14.3 Å². The third-order valence-electron chi connectivity index (χ3n) is 1.76. The number of ether oxygens (including phenoxy) is 1. The summed E-state index contributed by atoms with van der Waals surface area (Å²) in [5.74, 6) is 0.0774. The molecule has 1 aromatic rings. The molecule has 1 rings (SSSR count). The van der Waals surface area contributed by atoms with Gasteiger partial charge in [-0.05, 0) is 31.2 Å². The second kappa shape index (κ2) is 5.07. The van der Waals surface area contributed by atoms with E-state index in [1.807, 2.05) is 0 Å². The van der Waals surface area contributed by atoms with Crippen LogP contribution in [0, 0.1) is 0 Å². The highest BCUT2D eigenvalue weighted by atomic mass is 79.9. The average Bonchev–Trinajstić information content (AvgIpc) is 2.17. The molecule has 0 fully saturated rings. The molecule has 1 aromatic carbocycles. The van der Waals surface area contributed by atoms with E-state index < -0.39 is 0 Å². The van der Waals surface area contributed by atoms with E-state index in [-0.39, 0.29) is 16.6 Å². The van der Waals surface area contributed by atoms with Gasteiger partial charge in [0.05, 0.1) is 4.83 Å². The molecule has 4 heteroatoms.